The first-order valence-electron chi connectivity index (χ1n) is 8.87. The van der Waals surface area contributed by atoms with Crippen LogP contribution in [-0.2, 0) is 11.2 Å². The average molecular weight is 470 g/mol. The number of guanidine groups is 1. The van der Waals surface area contributed by atoms with Crippen molar-refractivity contribution in [3.05, 3.63) is 36.1 Å². The molecule has 7 heteroatoms. The van der Waals surface area contributed by atoms with Crippen molar-refractivity contribution in [3.8, 4) is 0 Å². The summed E-state index contributed by atoms with van der Waals surface area (Å²) in [7, 11) is 1.79. The summed E-state index contributed by atoms with van der Waals surface area (Å²) >= 11 is 0. The summed E-state index contributed by atoms with van der Waals surface area (Å²) in [4.78, 5) is 17.8. The highest BCUT2D eigenvalue weighted by Crippen LogP contribution is 2.20. The Hall–Kier alpha value is -1.77. The summed E-state index contributed by atoms with van der Waals surface area (Å²) in [6, 6.07) is 10.1. The molecular weight excluding hydrogens is 443 g/mol. The van der Waals surface area contributed by atoms with E-state index in [2.05, 4.69) is 27.3 Å². The number of hydrogen-bond donors (Lipinski definition) is 2. The maximum absolute atomic E-state index is 11.2. The quantitative estimate of drug-likeness (QED) is 0.400. The highest BCUT2D eigenvalue weighted by Gasteiger charge is 2.23. The molecule has 1 aromatic carbocycles. The zero-order valence-electron chi connectivity index (χ0n) is 15.1. The van der Waals surface area contributed by atoms with Crippen molar-refractivity contribution in [1.82, 2.24) is 10.2 Å². The molecule has 0 radical (unpaired) electrons. The number of para-hydroxylation sites is 1. The molecule has 1 fully saturated rings. The standard InChI is InChI=1S/C19H26N4O2.HI/c1-21-19(23-10-4-5-14(13-23)11-18(20)24)22-9-8-16-12-15-6-2-3-7-17(15)25-16;/h2-3,6-7,12,14H,4-5,8-11,13H2,1H3,(H2,20,24)(H,21,22);1H. The Balaban J connectivity index is 0.00000243. The molecule has 3 rings (SSSR count). The van der Waals surface area contributed by atoms with Gasteiger partial charge in [-0.25, -0.2) is 0 Å². The number of halogens is 1. The van der Waals surface area contributed by atoms with Crippen LogP contribution in [0.2, 0.25) is 0 Å². The molecule has 1 aliphatic heterocycles. The fourth-order valence-corrected chi connectivity index (χ4v) is 3.50. The van der Waals surface area contributed by atoms with Gasteiger partial charge in [-0.2, -0.15) is 0 Å². The Morgan fingerprint density at radius 3 is 2.96 bits per heavy atom. The molecule has 142 valence electrons. The molecular formula is C19H27IN4O2. The summed E-state index contributed by atoms with van der Waals surface area (Å²) in [5, 5.41) is 4.54. The number of nitrogens with zero attached hydrogens (tertiary/aromatic N) is 2. The predicted octanol–water partition coefficient (Wildman–Crippen LogP) is 2.76. The van der Waals surface area contributed by atoms with Crippen molar-refractivity contribution in [2.45, 2.75) is 25.7 Å². The maximum atomic E-state index is 11.2. The van der Waals surface area contributed by atoms with Crippen LogP contribution in [0.1, 0.15) is 25.0 Å². The number of furan rings is 1. The van der Waals surface area contributed by atoms with Crippen LogP contribution in [-0.4, -0.2) is 43.4 Å². The topological polar surface area (TPSA) is 83.9 Å². The Bertz CT molecular complexity index is 726. The minimum atomic E-state index is -0.223. The lowest BCUT2D eigenvalue weighted by Crippen LogP contribution is -2.47. The van der Waals surface area contributed by atoms with Gasteiger partial charge in [0.05, 0.1) is 0 Å². The van der Waals surface area contributed by atoms with Crippen LogP contribution in [0.25, 0.3) is 11.0 Å². The van der Waals surface area contributed by atoms with Crippen LogP contribution in [0.15, 0.2) is 39.7 Å². The van der Waals surface area contributed by atoms with Crippen molar-refractivity contribution >= 4 is 46.8 Å². The van der Waals surface area contributed by atoms with Gasteiger partial charge in [0, 0.05) is 44.9 Å². The summed E-state index contributed by atoms with van der Waals surface area (Å²) in [6.07, 6.45) is 3.36. The van der Waals surface area contributed by atoms with E-state index in [1.807, 2.05) is 18.2 Å². The first-order valence-corrected chi connectivity index (χ1v) is 8.87. The van der Waals surface area contributed by atoms with Gasteiger partial charge in [0.15, 0.2) is 5.96 Å². The Morgan fingerprint density at radius 1 is 1.42 bits per heavy atom. The van der Waals surface area contributed by atoms with E-state index in [1.165, 1.54) is 0 Å². The molecule has 2 aromatic rings. The zero-order chi connectivity index (χ0) is 17.6. The number of benzene rings is 1. The number of nitrogens with two attached hydrogens (primary N) is 1. The van der Waals surface area contributed by atoms with Gasteiger partial charge in [0.25, 0.3) is 0 Å². The zero-order valence-corrected chi connectivity index (χ0v) is 17.4. The lowest BCUT2D eigenvalue weighted by Gasteiger charge is -2.34. The van der Waals surface area contributed by atoms with Gasteiger partial charge in [-0.15, -0.1) is 24.0 Å². The molecule has 1 aliphatic rings. The molecule has 1 saturated heterocycles. The van der Waals surface area contributed by atoms with Crippen molar-refractivity contribution in [3.63, 3.8) is 0 Å². The van der Waals surface area contributed by atoms with E-state index < -0.39 is 0 Å². The number of hydrogen-bond acceptors (Lipinski definition) is 3. The second-order valence-electron chi connectivity index (χ2n) is 6.60. The smallest absolute Gasteiger partial charge is 0.217 e. The van der Waals surface area contributed by atoms with Crippen molar-refractivity contribution in [2.24, 2.45) is 16.6 Å². The van der Waals surface area contributed by atoms with Crippen LogP contribution < -0.4 is 11.1 Å². The largest absolute Gasteiger partial charge is 0.461 e. The van der Waals surface area contributed by atoms with Crippen molar-refractivity contribution < 1.29 is 9.21 Å². The number of fused-ring (bicyclic) bond motifs is 1. The monoisotopic (exact) mass is 470 g/mol. The van der Waals surface area contributed by atoms with Gasteiger partial charge in [0.2, 0.25) is 5.91 Å². The average Bonchev–Trinajstić information content (AvgIpc) is 3.01. The molecule has 1 unspecified atom stereocenters. The number of aliphatic imine (C=N–C) groups is 1. The third kappa shape index (κ3) is 5.36. The van der Waals surface area contributed by atoms with E-state index in [0.29, 0.717) is 12.3 Å². The van der Waals surface area contributed by atoms with Crippen molar-refractivity contribution in [2.75, 3.05) is 26.7 Å². The minimum absolute atomic E-state index is 0. The number of rotatable bonds is 5. The molecule has 2 heterocycles. The van der Waals surface area contributed by atoms with E-state index in [9.17, 15) is 4.79 Å². The van der Waals surface area contributed by atoms with Gasteiger partial charge in [-0.3, -0.25) is 9.79 Å². The molecule has 3 N–H and O–H groups in total. The maximum Gasteiger partial charge on any atom is 0.217 e. The Kier molecular flexibility index (Phi) is 7.74. The molecule has 26 heavy (non-hydrogen) atoms. The van der Waals surface area contributed by atoms with Gasteiger partial charge < -0.3 is 20.4 Å². The van der Waals surface area contributed by atoms with Crippen LogP contribution in [0.4, 0.5) is 0 Å². The van der Waals surface area contributed by atoms with Gasteiger partial charge in [0.1, 0.15) is 11.3 Å². The van der Waals surface area contributed by atoms with Gasteiger partial charge in [-0.1, -0.05) is 18.2 Å². The molecule has 1 aromatic heterocycles. The van der Waals surface area contributed by atoms with Gasteiger partial charge >= 0.3 is 0 Å². The summed E-state index contributed by atoms with van der Waals surface area (Å²) in [5.74, 6) is 1.94. The number of carbonyl (C=O) groups is 1. The van der Waals surface area contributed by atoms with E-state index >= 15 is 0 Å². The number of likely N-dealkylation sites (tertiary alicyclic amines) is 1. The van der Waals surface area contributed by atoms with Crippen LogP contribution in [0.5, 0.6) is 0 Å². The third-order valence-electron chi connectivity index (χ3n) is 4.65. The molecule has 1 amide bonds. The first-order chi connectivity index (χ1) is 12.2. The number of carbonyl (C=O) groups excluding carboxylic acids is 1. The second-order valence-corrected chi connectivity index (χ2v) is 6.60. The fourth-order valence-electron chi connectivity index (χ4n) is 3.50. The molecule has 0 aliphatic carbocycles. The number of amides is 1. The van der Waals surface area contributed by atoms with E-state index in [-0.39, 0.29) is 29.9 Å². The molecule has 0 spiro atoms. The van der Waals surface area contributed by atoms with Crippen LogP contribution in [0.3, 0.4) is 0 Å². The fraction of sp³-hybridized carbons (Fsp3) is 0.474. The summed E-state index contributed by atoms with van der Waals surface area (Å²) in [6.45, 7) is 2.54. The van der Waals surface area contributed by atoms with Gasteiger partial charge in [-0.05, 0) is 30.9 Å². The van der Waals surface area contributed by atoms with Crippen molar-refractivity contribution in [1.29, 1.82) is 0 Å². The molecule has 6 nitrogen and oxygen atoms in total. The normalized spacial score (nSPS) is 17.8. The number of piperidine rings is 1. The van der Waals surface area contributed by atoms with E-state index in [1.54, 1.807) is 7.05 Å². The molecule has 1 atom stereocenters. The lowest BCUT2D eigenvalue weighted by atomic mass is 9.95. The Morgan fingerprint density at radius 2 is 2.23 bits per heavy atom. The molecule has 0 saturated carbocycles. The number of primary amides is 1. The summed E-state index contributed by atoms with van der Waals surface area (Å²) in [5.41, 5.74) is 6.26. The van der Waals surface area contributed by atoms with Crippen LogP contribution >= 0.6 is 24.0 Å². The highest BCUT2D eigenvalue weighted by molar-refractivity contribution is 14.0. The minimum Gasteiger partial charge on any atom is -0.461 e. The Labute approximate surface area is 171 Å². The SMILES string of the molecule is CN=C(NCCc1cc2ccccc2o1)N1CCCC(CC(N)=O)C1.I. The van der Waals surface area contributed by atoms with E-state index in [4.69, 9.17) is 10.2 Å². The second kappa shape index (κ2) is 9.80. The van der Waals surface area contributed by atoms with E-state index in [0.717, 1.165) is 61.6 Å². The lowest BCUT2D eigenvalue weighted by molar-refractivity contribution is -0.119. The summed E-state index contributed by atoms with van der Waals surface area (Å²) < 4.78 is 5.84. The third-order valence-corrected chi connectivity index (χ3v) is 4.65. The number of nitrogens with one attached hydrogen (secondary N) is 1. The highest BCUT2D eigenvalue weighted by atomic mass is 127. The van der Waals surface area contributed by atoms with Crippen LogP contribution in [0, 0.1) is 5.92 Å². The molecule has 0 bridgehead atoms. The first kappa shape index (κ1) is 20.5. The predicted molar refractivity (Wildman–Crippen MR) is 115 cm³/mol.